The molecule has 4 heteroatoms. The van der Waals surface area contributed by atoms with Crippen LogP contribution < -0.4 is 0 Å². The van der Waals surface area contributed by atoms with Gasteiger partial charge < -0.3 is 9.32 Å². The van der Waals surface area contributed by atoms with Gasteiger partial charge in [-0.25, -0.2) is 0 Å². The van der Waals surface area contributed by atoms with Gasteiger partial charge in [0.2, 0.25) is 0 Å². The fourth-order valence-electron chi connectivity index (χ4n) is 3.17. The zero-order valence-electron chi connectivity index (χ0n) is 11.7. The summed E-state index contributed by atoms with van der Waals surface area (Å²) in [6.07, 6.45) is 4.58. The van der Waals surface area contributed by atoms with Gasteiger partial charge in [-0.05, 0) is 44.2 Å². The molecule has 0 aliphatic heterocycles. The normalized spacial score (nSPS) is 19.8. The minimum absolute atomic E-state index is 0.130. The molecule has 0 spiro atoms. The number of rotatable bonds is 3. The van der Waals surface area contributed by atoms with Gasteiger partial charge >= 0.3 is 0 Å². The van der Waals surface area contributed by atoms with Gasteiger partial charge in [0.1, 0.15) is 11.1 Å². The fourth-order valence-corrected chi connectivity index (χ4v) is 3.17. The highest BCUT2D eigenvalue weighted by Crippen LogP contribution is 2.44. The van der Waals surface area contributed by atoms with Crippen molar-refractivity contribution in [2.45, 2.75) is 43.7 Å². The number of nitriles is 1. The van der Waals surface area contributed by atoms with Crippen molar-refractivity contribution < 1.29 is 9.21 Å². The average molecular weight is 280 g/mol. The Bertz CT molecular complexity index is 714. The van der Waals surface area contributed by atoms with Gasteiger partial charge in [-0.2, -0.15) is 5.26 Å². The van der Waals surface area contributed by atoms with Gasteiger partial charge in [0.05, 0.1) is 6.07 Å². The number of carbonyl (C=O) groups excluding carboxylic acids is 1. The molecule has 1 heterocycles. The molecule has 0 radical (unpaired) electrons. The van der Waals surface area contributed by atoms with E-state index in [0.717, 1.165) is 43.1 Å². The summed E-state index contributed by atoms with van der Waals surface area (Å²) < 4.78 is 5.70. The summed E-state index contributed by atoms with van der Waals surface area (Å²) in [6, 6.07) is 12.0. The first-order valence-corrected chi connectivity index (χ1v) is 7.47. The van der Waals surface area contributed by atoms with E-state index >= 15 is 0 Å². The minimum Gasteiger partial charge on any atom is -0.451 e. The molecule has 0 saturated heterocycles. The van der Waals surface area contributed by atoms with E-state index in [1.165, 1.54) is 0 Å². The van der Waals surface area contributed by atoms with Crippen LogP contribution in [-0.4, -0.2) is 22.4 Å². The molecule has 2 aliphatic carbocycles. The third-order valence-corrected chi connectivity index (χ3v) is 4.62. The predicted molar refractivity (Wildman–Crippen MR) is 77.6 cm³/mol. The summed E-state index contributed by atoms with van der Waals surface area (Å²) in [5.74, 6) is 0.222. The Morgan fingerprint density at radius 3 is 2.67 bits per heavy atom. The van der Waals surface area contributed by atoms with Crippen LogP contribution in [0, 0.1) is 11.3 Å². The summed E-state index contributed by atoms with van der Waals surface area (Å²) in [5, 5.41) is 10.5. The highest BCUT2D eigenvalue weighted by molar-refractivity contribution is 5.97. The van der Waals surface area contributed by atoms with Crippen LogP contribution in [0.4, 0.5) is 0 Å². The Morgan fingerprint density at radius 2 is 2.10 bits per heavy atom. The number of hydrogen-bond acceptors (Lipinski definition) is 3. The zero-order valence-corrected chi connectivity index (χ0v) is 11.7. The Balaban J connectivity index is 1.72. The summed E-state index contributed by atoms with van der Waals surface area (Å²) in [6.45, 7) is 0. The van der Waals surface area contributed by atoms with Crippen LogP contribution in [0.25, 0.3) is 11.0 Å². The second kappa shape index (κ2) is 4.36. The first kappa shape index (κ1) is 12.5. The molecule has 4 rings (SSSR count). The number of carbonyl (C=O) groups is 1. The SMILES string of the molecule is N#CC1(N(C(=O)c2cc3ccccc3o2)C2CC2)CCC1. The molecule has 1 aromatic heterocycles. The zero-order chi connectivity index (χ0) is 14.4. The highest BCUT2D eigenvalue weighted by atomic mass is 16.3. The number of para-hydroxylation sites is 1. The van der Waals surface area contributed by atoms with Crippen molar-refractivity contribution in [3.05, 3.63) is 36.1 Å². The Kier molecular flexibility index (Phi) is 2.58. The maximum Gasteiger partial charge on any atom is 0.291 e. The fraction of sp³-hybridized carbons (Fsp3) is 0.412. The van der Waals surface area contributed by atoms with E-state index in [9.17, 15) is 10.1 Å². The molecule has 2 aliphatic rings. The second-order valence-electron chi connectivity index (χ2n) is 6.05. The third kappa shape index (κ3) is 1.84. The first-order valence-electron chi connectivity index (χ1n) is 7.47. The lowest BCUT2D eigenvalue weighted by molar-refractivity contribution is 0.0333. The lowest BCUT2D eigenvalue weighted by Crippen LogP contribution is -2.56. The standard InChI is InChI=1S/C17H16N2O2/c18-11-17(8-3-9-17)19(13-6-7-13)16(20)15-10-12-4-1-2-5-14(12)21-15/h1-2,4-5,10,13H,3,6-9H2. The van der Waals surface area contributed by atoms with E-state index < -0.39 is 5.54 Å². The van der Waals surface area contributed by atoms with Crippen LogP contribution in [-0.2, 0) is 0 Å². The maximum atomic E-state index is 12.9. The monoisotopic (exact) mass is 280 g/mol. The van der Waals surface area contributed by atoms with Crippen LogP contribution in [0.3, 0.4) is 0 Å². The van der Waals surface area contributed by atoms with E-state index in [2.05, 4.69) is 6.07 Å². The Morgan fingerprint density at radius 1 is 1.33 bits per heavy atom. The molecule has 1 aromatic carbocycles. The summed E-state index contributed by atoms with van der Waals surface area (Å²) in [4.78, 5) is 14.7. The third-order valence-electron chi connectivity index (χ3n) is 4.62. The Labute approximate surface area is 122 Å². The number of fused-ring (bicyclic) bond motifs is 1. The van der Waals surface area contributed by atoms with Crippen molar-refractivity contribution in [3.8, 4) is 6.07 Å². The van der Waals surface area contributed by atoms with Crippen LogP contribution in [0.5, 0.6) is 0 Å². The minimum atomic E-state index is -0.600. The molecule has 0 bridgehead atoms. The molecule has 2 aromatic rings. The molecule has 1 amide bonds. The second-order valence-corrected chi connectivity index (χ2v) is 6.05. The number of hydrogen-bond donors (Lipinski definition) is 0. The first-order chi connectivity index (χ1) is 10.2. The summed E-state index contributed by atoms with van der Waals surface area (Å²) in [7, 11) is 0. The Hall–Kier alpha value is -2.28. The molecule has 4 nitrogen and oxygen atoms in total. The van der Waals surface area contributed by atoms with Crippen molar-refractivity contribution in [2.75, 3.05) is 0 Å². The van der Waals surface area contributed by atoms with Crippen molar-refractivity contribution in [1.82, 2.24) is 4.90 Å². The summed E-state index contributed by atoms with van der Waals surface area (Å²) >= 11 is 0. The van der Waals surface area contributed by atoms with E-state index in [-0.39, 0.29) is 11.9 Å². The van der Waals surface area contributed by atoms with E-state index in [1.807, 2.05) is 24.3 Å². The van der Waals surface area contributed by atoms with E-state index in [1.54, 1.807) is 11.0 Å². The largest absolute Gasteiger partial charge is 0.451 e. The van der Waals surface area contributed by atoms with Gasteiger partial charge in [-0.15, -0.1) is 0 Å². The van der Waals surface area contributed by atoms with E-state index in [0.29, 0.717) is 5.76 Å². The summed E-state index contributed by atoms with van der Waals surface area (Å²) in [5.41, 5.74) is 0.119. The van der Waals surface area contributed by atoms with Gasteiger partial charge in [0, 0.05) is 11.4 Å². The van der Waals surface area contributed by atoms with Gasteiger partial charge in [0.25, 0.3) is 5.91 Å². The lowest BCUT2D eigenvalue weighted by atomic mass is 9.76. The number of nitrogens with zero attached hydrogens (tertiary/aromatic N) is 2. The highest BCUT2D eigenvalue weighted by Gasteiger charge is 2.51. The molecule has 2 saturated carbocycles. The molecule has 0 unspecified atom stereocenters. The molecular weight excluding hydrogens is 264 g/mol. The molecular formula is C17H16N2O2. The van der Waals surface area contributed by atoms with Crippen molar-refractivity contribution >= 4 is 16.9 Å². The quantitative estimate of drug-likeness (QED) is 0.864. The van der Waals surface area contributed by atoms with Gasteiger partial charge in [-0.3, -0.25) is 4.79 Å². The van der Waals surface area contributed by atoms with Crippen LogP contribution in [0.2, 0.25) is 0 Å². The van der Waals surface area contributed by atoms with Crippen molar-refractivity contribution in [1.29, 1.82) is 5.26 Å². The van der Waals surface area contributed by atoms with Gasteiger partial charge in [-0.1, -0.05) is 18.2 Å². The molecule has 2 fully saturated rings. The number of benzene rings is 1. The average Bonchev–Trinajstić information content (AvgIpc) is 3.19. The van der Waals surface area contributed by atoms with Crippen LogP contribution in [0.15, 0.2) is 34.7 Å². The molecule has 0 atom stereocenters. The number of furan rings is 1. The molecule has 21 heavy (non-hydrogen) atoms. The van der Waals surface area contributed by atoms with E-state index in [4.69, 9.17) is 4.42 Å². The topological polar surface area (TPSA) is 57.2 Å². The maximum absolute atomic E-state index is 12.9. The van der Waals surface area contributed by atoms with Crippen molar-refractivity contribution in [3.63, 3.8) is 0 Å². The van der Waals surface area contributed by atoms with Crippen LogP contribution >= 0.6 is 0 Å². The predicted octanol–water partition coefficient (Wildman–Crippen LogP) is 3.48. The lowest BCUT2D eigenvalue weighted by Gasteiger charge is -2.44. The number of amides is 1. The van der Waals surface area contributed by atoms with Crippen molar-refractivity contribution in [2.24, 2.45) is 0 Å². The van der Waals surface area contributed by atoms with Crippen LogP contribution in [0.1, 0.15) is 42.7 Å². The smallest absolute Gasteiger partial charge is 0.291 e. The molecule has 106 valence electrons. The van der Waals surface area contributed by atoms with Gasteiger partial charge in [0.15, 0.2) is 5.76 Å². The molecule has 0 N–H and O–H groups in total.